The molecule has 6 nitrogen and oxygen atoms in total. The predicted octanol–water partition coefficient (Wildman–Crippen LogP) is 4.96. The number of amides is 2. The number of nitrogens with one attached hydrogen (secondary N) is 1. The number of benzene rings is 2. The van der Waals surface area contributed by atoms with Crippen molar-refractivity contribution in [2.75, 3.05) is 19.5 Å². The van der Waals surface area contributed by atoms with Crippen LogP contribution in [-0.4, -0.2) is 41.3 Å². The fourth-order valence-corrected chi connectivity index (χ4v) is 4.14. The Kier molecular flexibility index (Phi) is 6.80. The van der Waals surface area contributed by atoms with Crippen molar-refractivity contribution in [3.63, 3.8) is 0 Å². The van der Waals surface area contributed by atoms with Gasteiger partial charge in [0.2, 0.25) is 11.8 Å². The number of hydrogen-bond acceptors (Lipinski definition) is 5. The molecule has 2 amide bonds. The lowest BCUT2D eigenvalue weighted by Crippen LogP contribution is -2.30. The van der Waals surface area contributed by atoms with Gasteiger partial charge in [-0.15, -0.1) is 0 Å². The minimum atomic E-state index is -4.65. The maximum atomic E-state index is 13.0. The summed E-state index contributed by atoms with van der Waals surface area (Å²) in [5, 5.41) is 1.60. The molecule has 0 radical (unpaired) electrons. The van der Waals surface area contributed by atoms with Gasteiger partial charge in [-0.2, -0.15) is 13.2 Å². The highest BCUT2D eigenvalue weighted by molar-refractivity contribution is 8.15. The van der Waals surface area contributed by atoms with Gasteiger partial charge in [-0.3, -0.25) is 14.5 Å². The zero-order valence-electron chi connectivity index (χ0n) is 16.4. The van der Waals surface area contributed by atoms with Crippen LogP contribution in [0.4, 0.5) is 24.5 Å². The van der Waals surface area contributed by atoms with Crippen molar-refractivity contribution < 1.29 is 27.5 Å². The Morgan fingerprint density at radius 1 is 1.26 bits per heavy atom. The molecule has 31 heavy (non-hydrogen) atoms. The number of carbonyl (C=O) groups is 2. The molecule has 1 saturated heterocycles. The lowest BCUT2D eigenvalue weighted by Gasteiger charge is -2.12. The number of ether oxygens (including phenoxy) is 1. The van der Waals surface area contributed by atoms with Gasteiger partial charge in [-0.25, -0.2) is 4.99 Å². The van der Waals surface area contributed by atoms with Gasteiger partial charge in [0.1, 0.15) is 11.0 Å². The monoisotopic (exact) mass is 471 g/mol. The summed E-state index contributed by atoms with van der Waals surface area (Å²) >= 11 is 6.70. The molecule has 1 aliphatic heterocycles. The van der Waals surface area contributed by atoms with Crippen LogP contribution in [0.1, 0.15) is 12.0 Å². The van der Waals surface area contributed by atoms with E-state index in [9.17, 15) is 22.8 Å². The molecule has 1 heterocycles. The topological polar surface area (TPSA) is 71.0 Å². The van der Waals surface area contributed by atoms with E-state index in [1.165, 1.54) is 11.0 Å². The van der Waals surface area contributed by atoms with Gasteiger partial charge in [0.25, 0.3) is 0 Å². The van der Waals surface area contributed by atoms with Crippen molar-refractivity contribution in [1.29, 1.82) is 0 Å². The summed E-state index contributed by atoms with van der Waals surface area (Å²) in [6.07, 6.45) is -4.87. The molecule has 0 spiro atoms. The van der Waals surface area contributed by atoms with E-state index in [0.29, 0.717) is 16.6 Å². The van der Waals surface area contributed by atoms with E-state index in [0.717, 1.165) is 23.9 Å². The van der Waals surface area contributed by atoms with E-state index < -0.39 is 27.9 Å². The number of nitrogens with zero attached hydrogens (tertiary/aromatic N) is 2. The Labute approximate surface area is 185 Å². The number of alkyl halides is 3. The highest BCUT2D eigenvalue weighted by Crippen LogP contribution is 2.36. The molecule has 0 aromatic heterocycles. The van der Waals surface area contributed by atoms with E-state index >= 15 is 0 Å². The second-order valence-electron chi connectivity index (χ2n) is 6.54. The lowest BCUT2D eigenvalue weighted by molar-refractivity contribution is -0.137. The third kappa shape index (κ3) is 5.50. The Balaban J connectivity index is 1.68. The zero-order chi connectivity index (χ0) is 22.8. The first-order valence-corrected chi connectivity index (χ1v) is 10.2. The smallest absolute Gasteiger partial charge is 0.417 e. The second-order valence-corrected chi connectivity index (χ2v) is 8.12. The van der Waals surface area contributed by atoms with Crippen LogP contribution in [0, 0.1) is 0 Å². The molecule has 1 aliphatic rings. The molecule has 11 heteroatoms. The number of halogens is 4. The summed E-state index contributed by atoms with van der Waals surface area (Å²) in [5.74, 6) is -0.252. The number of rotatable bonds is 5. The molecule has 2 aromatic carbocycles. The first kappa shape index (κ1) is 23.0. The van der Waals surface area contributed by atoms with Gasteiger partial charge in [-0.1, -0.05) is 23.4 Å². The molecule has 3 rings (SSSR count). The number of thioether (sulfide) groups is 1. The lowest BCUT2D eigenvalue weighted by atomic mass is 10.2. The standard InChI is InChI=1S/C20H17ClF3N3O3S/c1-27-18(29)16(31-19(27)26-11-3-6-13(30-2)7-4-11)10-17(28)25-12-5-8-15(21)14(9-12)20(22,23)24/h3-9,16H,10H2,1-2H3,(H,25,28). The van der Waals surface area contributed by atoms with Crippen molar-refractivity contribution in [3.8, 4) is 5.75 Å². The van der Waals surface area contributed by atoms with Crippen LogP contribution >= 0.6 is 23.4 Å². The Morgan fingerprint density at radius 2 is 1.94 bits per heavy atom. The third-order valence-electron chi connectivity index (χ3n) is 4.36. The minimum absolute atomic E-state index is 0.0577. The number of methoxy groups -OCH3 is 1. The van der Waals surface area contributed by atoms with Crippen molar-refractivity contribution in [3.05, 3.63) is 53.1 Å². The third-order valence-corrected chi connectivity index (χ3v) is 5.92. The molecule has 0 bridgehead atoms. The number of aliphatic imine (C=N–C) groups is 1. The average Bonchev–Trinajstić information content (AvgIpc) is 2.97. The second kappa shape index (κ2) is 9.19. The van der Waals surface area contributed by atoms with Gasteiger partial charge in [0.05, 0.1) is 23.4 Å². The summed E-state index contributed by atoms with van der Waals surface area (Å²) in [5.41, 5.74) is -0.501. The van der Waals surface area contributed by atoms with E-state index in [-0.39, 0.29) is 18.0 Å². The molecule has 0 saturated carbocycles. The van der Waals surface area contributed by atoms with Crippen LogP contribution in [-0.2, 0) is 15.8 Å². The Hall–Kier alpha value is -2.72. The number of amidine groups is 1. The predicted molar refractivity (Wildman–Crippen MR) is 114 cm³/mol. The highest BCUT2D eigenvalue weighted by Gasteiger charge is 2.37. The molecule has 2 aromatic rings. The van der Waals surface area contributed by atoms with Crippen LogP contribution in [0.5, 0.6) is 5.75 Å². The number of hydrogen-bond donors (Lipinski definition) is 1. The van der Waals surface area contributed by atoms with Gasteiger partial charge < -0.3 is 10.1 Å². The average molecular weight is 472 g/mol. The number of carbonyl (C=O) groups excluding carboxylic acids is 2. The largest absolute Gasteiger partial charge is 0.497 e. The summed E-state index contributed by atoms with van der Waals surface area (Å²) in [6, 6.07) is 9.99. The normalized spacial score (nSPS) is 17.9. The molecule has 1 fully saturated rings. The van der Waals surface area contributed by atoms with Crippen LogP contribution in [0.3, 0.4) is 0 Å². The Morgan fingerprint density at radius 3 is 2.55 bits per heavy atom. The summed E-state index contributed by atoms with van der Waals surface area (Å²) in [7, 11) is 3.09. The van der Waals surface area contributed by atoms with Gasteiger partial charge in [0.15, 0.2) is 5.17 Å². The fraction of sp³-hybridized carbons (Fsp3) is 0.250. The first-order valence-electron chi connectivity index (χ1n) is 8.92. The molecule has 0 aliphatic carbocycles. The maximum absolute atomic E-state index is 13.0. The Bertz CT molecular complexity index is 1030. The zero-order valence-corrected chi connectivity index (χ0v) is 17.9. The van der Waals surface area contributed by atoms with Crippen LogP contribution in [0.25, 0.3) is 0 Å². The maximum Gasteiger partial charge on any atom is 0.417 e. The summed E-state index contributed by atoms with van der Waals surface area (Å²) < 4.78 is 44.0. The quantitative estimate of drug-likeness (QED) is 0.669. The van der Waals surface area contributed by atoms with Crippen molar-refractivity contribution >= 4 is 51.7 Å². The van der Waals surface area contributed by atoms with E-state index in [2.05, 4.69) is 10.3 Å². The van der Waals surface area contributed by atoms with Crippen molar-refractivity contribution in [2.24, 2.45) is 4.99 Å². The van der Waals surface area contributed by atoms with Crippen LogP contribution in [0.2, 0.25) is 5.02 Å². The first-order chi connectivity index (χ1) is 14.6. The van der Waals surface area contributed by atoms with E-state index in [1.54, 1.807) is 38.4 Å². The molecule has 1 atom stereocenters. The fourth-order valence-electron chi connectivity index (χ4n) is 2.77. The van der Waals surface area contributed by atoms with Gasteiger partial charge in [-0.05, 0) is 42.5 Å². The SMILES string of the molecule is COc1ccc(N=C2SC(CC(=O)Nc3ccc(Cl)c(C(F)(F)F)c3)C(=O)N2C)cc1. The van der Waals surface area contributed by atoms with Crippen LogP contribution < -0.4 is 10.1 Å². The summed E-state index contributed by atoms with van der Waals surface area (Å²) in [6.45, 7) is 0. The minimum Gasteiger partial charge on any atom is -0.497 e. The molecule has 164 valence electrons. The number of anilines is 1. The van der Waals surface area contributed by atoms with Crippen LogP contribution in [0.15, 0.2) is 47.5 Å². The van der Waals surface area contributed by atoms with Crippen molar-refractivity contribution in [2.45, 2.75) is 17.8 Å². The molecular weight excluding hydrogens is 455 g/mol. The van der Waals surface area contributed by atoms with Crippen molar-refractivity contribution in [1.82, 2.24) is 4.90 Å². The van der Waals surface area contributed by atoms with Gasteiger partial charge in [0, 0.05) is 19.2 Å². The molecular formula is C20H17ClF3N3O3S. The van der Waals surface area contributed by atoms with Gasteiger partial charge >= 0.3 is 6.18 Å². The summed E-state index contributed by atoms with van der Waals surface area (Å²) in [4.78, 5) is 30.6. The van der Waals surface area contributed by atoms with E-state index in [4.69, 9.17) is 16.3 Å². The highest BCUT2D eigenvalue weighted by atomic mass is 35.5. The molecule has 1 unspecified atom stereocenters. The van der Waals surface area contributed by atoms with E-state index in [1.807, 2.05) is 0 Å². The molecule has 1 N–H and O–H groups in total.